The fraction of sp³-hybridized carbons (Fsp3) is 0.538. The zero-order valence-electron chi connectivity index (χ0n) is 10.0. The van der Waals surface area contributed by atoms with Crippen LogP contribution in [0.1, 0.15) is 24.5 Å². The third-order valence-electron chi connectivity index (χ3n) is 3.60. The highest BCUT2D eigenvalue weighted by atomic mass is 35.5. The van der Waals surface area contributed by atoms with Crippen molar-refractivity contribution in [1.82, 2.24) is 0 Å². The summed E-state index contributed by atoms with van der Waals surface area (Å²) in [5.41, 5.74) is 5.78. The molecule has 1 aromatic carbocycles. The Balaban J connectivity index is 2.30. The lowest BCUT2D eigenvalue weighted by Crippen LogP contribution is -2.43. The van der Waals surface area contributed by atoms with E-state index in [4.69, 9.17) is 22.1 Å². The number of hydrogen-bond donors (Lipinski definition) is 2. The predicted molar refractivity (Wildman–Crippen MR) is 67.9 cm³/mol. The molecule has 3 nitrogen and oxygen atoms in total. The summed E-state index contributed by atoms with van der Waals surface area (Å²) in [6.07, 6.45) is 0.793. The summed E-state index contributed by atoms with van der Waals surface area (Å²) < 4.78 is 18.4. The molecule has 0 bridgehead atoms. The van der Waals surface area contributed by atoms with Crippen LogP contribution in [0.3, 0.4) is 0 Å². The van der Waals surface area contributed by atoms with Gasteiger partial charge in [0.05, 0.1) is 12.7 Å². The lowest BCUT2D eigenvalue weighted by atomic mass is 9.75. The number of rotatable bonds is 3. The smallest absolute Gasteiger partial charge is 0.124 e. The van der Waals surface area contributed by atoms with Crippen molar-refractivity contribution in [2.45, 2.75) is 18.9 Å². The van der Waals surface area contributed by atoms with Crippen LogP contribution in [-0.2, 0) is 4.74 Å². The molecular weight excluding hydrogens is 257 g/mol. The van der Waals surface area contributed by atoms with Gasteiger partial charge in [0.2, 0.25) is 0 Å². The van der Waals surface area contributed by atoms with Gasteiger partial charge >= 0.3 is 0 Å². The van der Waals surface area contributed by atoms with Gasteiger partial charge in [-0.2, -0.15) is 0 Å². The van der Waals surface area contributed by atoms with Gasteiger partial charge in [-0.1, -0.05) is 17.7 Å². The van der Waals surface area contributed by atoms with Crippen molar-refractivity contribution in [1.29, 1.82) is 0 Å². The Labute approximate surface area is 111 Å². The Morgan fingerprint density at radius 2 is 2.33 bits per heavy atom. The molecule has 0 amide bonds. The molecule has 2 unspecified atom stereocenters. The summed E-state index contributed by atoms with van der Waals surface area (Å²) in [7, 11) is 0. The van der Waals surface area contributed by atoms with Crippen molar-refractivity contribution in [2.24, 2.45) is 11.1 Å². The molecule has 0 aromatic heterocycles. The van der Waals surface area contributed by atoms with Crippen LogP contribution in [0.15, 0.2) is 18.2 Å². The van der Waals surface area contributed by atoms with Gasteiger partial charge in [0.25, 0.3) is 0 Å². The normalized spacial score (nSPS) is 26.0. The van der Waals surface area contributed by atoms with E-state index in [0.717, 1.165) is 12.8 Å². The molecule has 1 saturated heterocycles. The number of nitrogens with two attached hydrogens (primary N) is 1. The van der Waals surface area contributed by atoms with Crippen LogP contribution in [0.2, 0.25) is 5.02 Å². The van der Waals surface area contributed by atoms with E-state index >= 15 is 0 Å². The maximum absolute atomic E-state index is 13.0. The summed E-state index contributed by atoms with van der Waals surface area (Å²) in [6, 6.07) is 4.00. The van der Waals surface area contributed by atoms with E-state index in [2.05, 4.69) is 0 Å². The van der Waals surface area contributed by atoms with Crippen LogP contribution in [0.5, 0.6) is 0 Å². The maximum atomic E-state index is 13.0. The largest absolute Gasteiger partial charge is 0.388 e. The van der Waals surface area contributed by atoms with E-state index < -0.39 is 17.3 Å². The molecule has 18 heavy (non-hydrogen) atoms. The van der Waals surface area contributed by atoms with Gasteiger partial charge in [-0.15, -0.1) is 0 Å². The van der Waals surface area contributed by atoms with Gasteiger partial charge < -0.3 is 15.6 Å². The van der Waals surface area contributed by atoms with Crippen molar-refractivity contribution in [3.05, 3.63) is 34.6 Å². The van der Waals surface area contributed by atoms with Crippen molar-refractivity contribution < 1.29 is 14.2 Å². The maximum Gasteiger partial charge on any atom is 0.124 e. The Hall–Kier alpha value is -0.680. The Kier molecular flexibility index (Phi) is 4.22. The average molecular weight is 274 g/mol. The van der Waals surface area contributed by atoms with Gasteiger partial charge in [0.1, 0.15) is 5.82 Å². The van der Waals surface area contributed by atoms with Crippen molar-refractivity contribution >= 4 is 11.6 Å². The number of hydrogen-bond acceptors (Lipinski definition) is 3. The second-order valence-corrected chi connectivity index (χ2v) is 5.20. The quantitative estimate of drug-likeness (QED) is 0.888. The first-order valence-corrected chi connectivity index (χ1v) is 6.38. The first kappa shape index (κ1) is 13.7. The summed E-state index contributed by atoms with van der Waals surface area (Å²) in [6.45, 7) is 1.39. The zero-order chi connectivity index (χ0) is 13.2. The van der Waals surface area contributed by atoms with Crippen LogP contribution in [0.25, 0.3) is 0 Å². The number of aliphatic hydroxyl groups excluding tert-OH is 1. The third kappa shape index (κ3) is 2.52. The van der Waals surface area contributed by atoms with Crippen molar-refractivity contribution in [3.63, 3.8) is 0 Å². The first-order valence-electron chi connectivity index (χ1n) is 6.00. The summed E-state index contributed by atoms with van der Waals surface area (Å²) in [4.78, 5) is 0. The molecule has 5 heteroatoms. The molecule has 100 valence electrons. The van der Waals surface area contributed by atoms with Crippen LogP contribution < -0.4 is 5.73 Å². The van der Waals surface area contributed by atoms with Crippen LogP contribution in [-0.4, -0.2) is 24.9 Å². The van der Waals surface area contributed by atoms with E-state index in [1.807, 2.05) is 0 Å². The molecule has 0 aliphatic carbocycles. The molecular formula is C13H17ClFNO2. The van der Waals surface area contributed by atoms with E-state index in [0.29, 0.717) is 25.3 Å². The zero-order valence-corrected chi connectivity index (χ0v) is 10.8. The second-order valence-electron chi connectivity index (χ2n) is 4.79. The lowest BCUT2D eigenvalue weighted by molar-refractivity contribution is -0.0781. The van der Waals surface area contributed by atoms with E-state index in [-0.39, 0.29) is 5.02 Å². The number of benzene rings is 1. The molecule has 1 fully saturated rings. The van der Waals surface area contributed by atoms with Gasteiger partial charge in [0, 0.05) is 23.6 Å². The summed E-state index contributed by atoms with van der Waals surface area (Å²) >= 11 is 5.98. The minimum atomic E-state index is -0.837. The molecule has 1 aliphatic heterocycles. The summed E-state index contributed by atoms with van der Waals surface area (Å²) in [5.74, 6) is -0.419. The molecule has 0 radical (unpaired) electrons. The minimum absolute atomic E-state index is 0.223. The Bertz CT molecular complexity index is 421. The molecule has 3 N–H and O–H groups in total. The van der Waals surface area contributed by atoms with Crippen LogP contribution in [0.4, 0.5) is 4.39 Å². The van der Waals surface area contributed by atoms with E-state index in [1.54, 1.807) is 0 Å². The standard InChI is InChI=1S/C13H17ClFNO2/c14-11-6-9(15)2-3-10(11)12(17)13(7-16)4-1-5-18-8-13/h2-3,6,12,17H,1,4-5,7-8,16H2. The van der Waals surface area contributed by atoms with Gasteiger partial charge in [-0.3, -0.25) is 0 Å². The average Bonchev–Trinajstić information content (AvgIpc) is 2.39. The van der Waals surface area contributed by atoms with Gasteiger partial charge in [-0.25, -0.2) is 4.39 Å². The topological polar surface area (TPSA) is 55.5 Å². The molecule has 2 rings (SSSR count). The van der Waals surface area contributed by atoms with E-state index in [1.165, 1.54) is 18.2 Å². The number of ether oxygens (including phenoxy) is 1. The monoisotopic (exact) mass is 273 g/mol. The lowest BCUT2D eigenvalue weighted by Gasteiger charge is -2.40. The summed E-state index contributed by atoms with van der Waals surface area (Å²) in [5, 5.41) is 10.7. The van der Waals surface area contributed by atoms with E-state index in [9.17, 15) is 9.50 Å². The number of halogens is 2. The van der Waals surface area contributed by atoms with Crippen molar-refractivity contribution in [2.75, 3.05) is 19.8 Å². The fourth-order valence-corrected chi connectivity index (χ4v) is 2.69. The highest BCUT2D eigenvalue weighted by Gasteiger charge is 2.40. The highest BCUT2D eigenvalue weighted by Crippen LogP contribution is 2.42. The second kappa shape index (κ2) is 5.53. The van der Waals surface area contributed by atoms with Crippen LogP contribution in [0, 0.1) is 11.2 Å². The molecule has 1 aromatic rings. The predicted octanol–water partition coefficient (Wildman–Crippen LogP) is 2.27. The molecule has 1 heterocycles. The third-order valence-corrected chi connectivity index (χ3v) is 3.92. The molecule has 0 spiro atoms. The van der Waals surface area contributed by atoms with Crippen LogP contribution >= 0.6 is 11.6 Å². The minimum Gasteiger partial charge on any atom is -0.388 e. The Morgan fingerprint density at radius 1 is 1.56 bits per heavy atom. The van der Waals surface area contributed by atoms with Crippen molar-refractivity contribution in [3.8, 4) is 0 Å². The SMILES string of the molecule is NCC1(C(O)c2ccc(F)cc2Cl)CCCOC1. The molecule has 1 aliphatic rings. The van der Waals surface area contributed by atoms with Gasteiger partial charge in [0.15, 0.2) is 0 Å². The van der Waals surface area contributed by atoms with Gasteiger partial charge in [-0.05, 0) is 30.5 Å². The molecule has 2 atom stereocenters. The first-order chi connectivity index (χ1) is 8.59. The molecule has 0 saturated carbocycles. The Morgan fingerprint density at radius 3 is 2.89 bits per heavy atom. The number of aliphatic hydroxyl groups is 1. The fourth-order valence-electron chi connectivity index (χ4n) is 2.42. The highest BCUT2D eigenvalue weighted by molar-refractivity contribution is 6.31.